The second-order valence-electron chi connectivity index (χ2n) is 12.9. The lowest BCUT2D eigenvalue weighted by Gasteiger charge is -2.43. The van der Waals surface area contributed by atoms with E-state index in [-0.39, 0.29) is 19.6 Å². The van der Waals surface area contributed by atoms with E-state index in [0.717, 1.165) is 35.5 Å². The first-order valence-corrected chi connectivity index (χ1v) is 18.4. The van der Waals surface area contributed by atoms with E-state index in [1.54, 1.807) is 10.7 Å². The van der Waals surface area contributed by atoms with Crippen LogP contribution < -0.4 is 10.6 Å². The molecule has 3 aliphatic heterocycles. The number of amides is 1. The number of nitrogens with two attached hydrogens (primary N) is 1. The van der Waals surface area contributed by atoms with Gasteiger partial charge in [0.1, 0.15) is 5.82 Å². The number of primary amides is 1. The summed E-state index contributed by atoms with van der Waals surface area (Å²) in [5.74, 6) is 0.256. The standard InChI is InChI=1S/C34H39ClF3N7O4S/c1-22-5-10-26(32(39)47)30(18-22)44-12-3-4-28(35)33(44)42-16-14-41(15-17-42)19-25(46)20-45-29-11-13-43(50(2,48)49)21-27(29)31(40-45)23-6-8-24(9-7-23)34(36,37)38/h3-10,18,25,46H,11-17,19-21H2,1-2H3,(H2,39,47). The number of anilines is 1. The van der Waals surface area contributed by atoms with Crippen LogP contribution in [0.1, 0.15) is 32.7 Å². The van der Waals surface area contributed by atoms with Crippen LogP contribution in [0, 0.1) is 6.92 Å². The molecule has 11 nitrogen and oxygen atoms in total. The Morgan fingerprint density at radius 1 is 1.06 bits per heavy atom. The monoisotopic (exact) mass is 733 g/mol. The van der Waals surface area contributed by atoms with Crippen LogP contribution in [0.5, 0.6) is 0 Å². The maximum Gasteiger partial charge on any atom is 0.416 e. The van der Waals surface area contributed by atoms with E-state index in [4.69, 9.17) is 22.4 Å². The minimum absolute atomic E-state index is 0.0384. The summed E-state index contributed by atoms with van der Waals surface area (Å²) < 4.78 is 67.5. The number of piperazine rings is 1. The number of hydrogen-bond acceptors (Lipinski definition) is 8. The molecular formula is C34H39ClF3N7O4S. The summed E-state index contributed by atoms with van der Waals surface area (Å²) in [4.78, 5) is 18.6. The molecule has 1 atom stereocenters. The molecule has 1 fully saturated rings. The van der Waals surface area contributed by atoms with Gasteiger partial charge in [-0.15, -0.1) is 0 Å². The van der Waals surface area contributed by atoms with Crippen LogP contribution in [0.3, 0.4) is 0 Å². The van der Waals surface area contributed by atoms with Crippen LogP contribution in [0.2, 0.25) is 0 Å². The maximum absolute atomic E-state index is 13.2. The number of fused-ring (bicyclic) bond motifs is 1. The number of halogens is 4. The van der Waals surface area contributed by atoms with Crippen molar-refractivity contribution in [3.63, 3.8) is 0 Å². The fraction of sp³-hybridized carbons (Fsp3) is 0.412. The lowest BCUT2D eigenvalue weighted by Crippen LogP contribution is -2.51. The van der Waals surface area contributed by atoms with E-state index in [1.165, 1.54) is 16.4 Å². The normalized spacial score (nSPS) is 18.5. The van der Waals surface area contributed by atoms with Gasteiger partial charge in [-0.05, 0) is 42.8 Å². The number of hydrogen-bond donors (Lipinski definition) is 2. The van der Waals surface area contributed by atoms with Crippen molar-refractivity contribution in [2.24, 2.45) is 5.73 Å². The highest BCUT2D eigenvalue weighted by Crippen LogP contribution is 2.35. The molecule has 1 saturated heterocycles. The second kappa shape index (κ2) is 14.0. The van der Waals surface area contributed by atoms with E-state index in [9.17, 15) is 31.5 Å². The molecule has 0 radical (unpaired) electrons. The number of nitrogens with zero attached hydrogens (tertiary/aromatic N) is 6. The first kappa shape index (κ1) is 35.9. The van der Waals surface area contributed by atoms with E-state index < -0.39 is 33.8 Å². The molecule has 3 aliphatic rings. The zero-order valence-electron chi connectivity index (χ0n) is 27.7. The Morgan fingerprint density at radius 3 is 2.40 bits per heavy atom. The van der Waals surface area contributed by atoms with E-state index in [0.29, 0.717) is 78.8 Å². The predicted octanol–water partition coefficient (Wildman–Crippen LogP) is 3.76. The number of rotatable bonds is 9. The third-order valence-corrected chi connectivity index (χ3v) is 10.9. The van der Waals surface area contributed by atoms with Crippen molar-refractivity contribution in [2.75, 3.05) is 57.0 Å². The van der Waals surface area contributed by atoms with Crippen molar-refractivity contribution in [1.82, 2.24) is 23.9 Å². The highest BCUT2D eigenvalue weighted by atomic mass is 35.5. The topological polar surface area (TPSA) is 128 Å². The number of aromatic nitrogens is 2. The van der Waals surface area contributed by atoms with Crippen LogP contribution in [0.4, 0.5) is 18.9 Å². The van der Waals surface area contributed by atoms with Crippen LogP contribution in [-0.2, 0) is 35.7 Å². The maximum atomic E-state index is 13.2. The largest absolute Gasteiger partial charge is 0.416 e. The predicted molar refractivity (Wildman–Crippen MR) is 185 cm³/mol. The van der Waals surface area contributed by atoms with Gasteiger partial charge in [-0.2, -0.15) is 22.6 Å². The minimum atomic E-state index is -4.49. The van der Waals surface area contributed by atoms with Gasteiger partial charge in [-0.25, -0.2) is 8.42 Å². The average Bonchev–Trinajstić information content (AvgIpc) is 3.41. The molecule has 268 valence electrons. The molecule has 0 saturated carbocycles. The van der Waals surface area contributed by atoms with Crippen LogP contribution >= 0.6 is 11.6 Å². The van der Waals surface area contributed by atoms with Crippen molar-refractivity contribution >= 4 is 33.2 Å². The van der Waals surface area contributed by atoms with Gasteiger partial charge in [0, 0.05) is 75.6 Å². The number of aliphatic hydroxyl groups is 1. The molecular weight excluding hydrogens is 695 g/mol. The summed E-state index contributed by atoms with van der Waals surface area (Å²) >= 11 is 6.75. The van der Waals surface area contributed by atoms with Gasteiger partial charge < -0.3 is 20.6 Å². The number of carbonyl (C=O) groups is 1. The van der Waals surface area contributed by atoms with Gasteiger partial charge in [0.05, 0.1) is 46.4 Å². The first-order valence-electron chi connectivity index (χ1n) is 16.2. The fourth-order valence-corrected chi connectivity index (χ4v) is 7.90. The summed E-state index contributed by atoms with van der Waals surface area (Å²) in [7, 11) is -3.52. The number of sulfonamides is 1. The lowest BCUT2D eigenvalue weighted by atomic mass is 10.0. The molecule has 50 heavy (non-hydrogen) atoms. The third-order valence-electron chi connectivity index (χ3n) is 9.31. The molecule has 2 aromatic carbocycles. The van der Waals surface area contributed by atoms with E-state index >= 15 is 0 Å². The highest BCUT2D eigenvalue weighted by molar-refractivity contribution is 7.88. The zero-order chi connectivity index (χ0) is 36.0. The van der Waals surface area contributed by atoms with Crippen molar-refractivity contribution in [1.29, 1.82) is 0 Å². The van der Waals surface area contributed by atoms with Gasteiger partial charge in [0.15, 0.2) is 0 Å². The first-order chi connectivity index (χ1) is 23.6. The van der Waals surface area contributed by atoms with Crippen molar-refractivity contribution < 1.29 is 31.5 Å². The summed E-state index contributed by atoms with van der Waals surface area (Å²) in [6, 6.07) is 10.1. The van der Waals surface area contributed by atoms with Gasteiger partial charge in [-0.1, -0.05) is 35.9 Å². The molecule has 1 amide bonds. The number of alkyl halides is 3. The molecule has 0 aliphatic carbocycles. The third kappa shape index (κ3) is 7.56. The van der Waals surface area contributed by atoms with Gasteiger partial charge >= 0.3 is 6.18 Å². The summed E-state index contributed by atoms with van der Waals surface area (Å²) in [5.41, 5.74) is 9.19. The Kier molecular flexibility index (Phi) is 10.1. The molecule has 16 heteroatoms. The lowest BCUT2D eigenvalue weighted by molar-refractivity contribution is -0.137. The molecule has 1 aromatic heterocycles. The number of benzene rings is 2. The number of aryl methyl sites for hydroxylation is 1. The van der Waals surface area contributed by atoms with Gasteiger partial charge in [0.25, 0.3) is 5.91 Å². The fourth-order valence-electron chi connectivity index (χ4n) is 6.81. The van der Waals surface area contributed by atoms with Crippen molar-refractivity contribution in [2.45, 2.75) is 38.7 Å². The minimum Gasteiger partial charge on any atom is -0.390 e. The summed E-state index contributed by atoms with van der Waals surface area (Å²) in [6.45, 7) is 5.65. The number of carbonyl (C=O) groups excluding carboxylic acids is 1. The van der Waals surface area contributed by atoms with Gasteiger partial charge in [0.2, 0.25) is 10.0 Å². The Morgan fingerprint density at radius 2 is 1.76 bits per heavy atom. The van der Waals surface area contributed by atoms with E-state index in [2.05, 4.69) is 9.80 Å². The number of aliphatic hydroxyl groups excluding tert-OH is 1. The molecule has 4 heterocycles. The summed E-state index contributed by atoms with van der Waals surface area (Å²) in [5, 5.41) is 16.5. The van der Waals surface area contributed by atoms with Crippen LogP contribution in [-0.4, -0.2) is 101 Å². The molecule has 1 unspecified atom stereocenters. The van der Waals surface area contributed by atoms with E-state index in [1.807, 2.05) is 36.1 Å². The zero-order valence-corrected chi connectivity index (χ0v) is 29.3. The molecule has 3 aromatic rings. The SMILES string of the molecule is Cc1ccc(C(N)=O)c(N2CC=CC(Cl)=C2N2CCN(CC(O)Cn3nc(-c4ccc(C(F)(F)F)cc4)c4c3CCN(S(C)(=O)=O)C4)CC2)c1. The Balaban J connectivity index is 1.16. The quantitative estimate of drug-likeness (QED) is 0.341. The highest BCUT2D eigenvalue weighted by Gasteiger charge is 2.33. The summed E-state index contributed by atoms with van der Waals surface area (Å²) in [6.07, 6.45) is -0.0751. The Labute approximate surface area is 294 Å². The number of β-amino-alcohol motifs (C(OH)–C–C–N with tert-alkyl or cyclic N) is 1. The van der Waals surface area contributed by atoms with Gasteiger partial charge in [-0.3, -0.25) is 14.4 Å². The molecule has 6 rings (SSSR count). The second-order valence-corrected chi connectivity index (χ2v) is 15.3. The smallest absolute Gasteiger partial charge is 0.390 e. The van der Waals surface area contributed by atoms with Crippen LogP contribution in [0.25, 0.3) is 11.3 Å². The number of allylic oxidation sites excluding steroid dienone is 2. The average molecular weight is 734 g/mol. The molecule has 0 spiro atoms. The molecule has 0 bridgehead atoms. The Hall–Kier alpha value is -3.89. The van der Waals surface area contributed by atoms with Crippen LogP contribution in [0.15, 0.2) is 65.5 Å². The van der Waals surface area contributed by atoms with Crippen molar-refractivity contribution in [3.8, 4) is 11.3 Å². The Bertz CT molecular complexity index is 1940. The molecule has 3 N–H and O–H groups in total. The van der Waals surface area contributed by atoms with Crippen molar-refractivity contribution in [3.05, 3.63) is 93.4 Å².